The average Bonchev–Trinajstić information content (AvgIpc) is 3.07. The van der Waals surface area contributed by atoms with Gasteiger partial charge in [0.15, 0.2) is 5.65 Å². The molecule has 3 aromatic rings. The number of fused-ring (bicyclic) bond motifs is 1. The van der Waals surface area contributed by atoms with Crippen molar-refractivity contribution in [1.29, 1.82) is 0 Å². The maximum atomic E-state index is 5.70. The summed E-state index contributed by atoms with van der Waals surface area (Å²) in [6.45, 7) is 2.56. The number of hydrogen-bond donors (Lipinski definition) is 1. The molecule has 0 spiro atoms. The van der Waals surface area contributed by atoms with Crippen LogP contribution in [-0.2, 0) is 29.4 Å². The summed E-state index contributed by atoms with van der Waals surface area (Å²) in [5.74, 6) is 1.62. The van der Waals surface area contributed by atoms with Gasteiger partial charge in [0.1, 0.15) is 11.6 Å². The first kappa shape index (κ1) is 16.9. The van der Waals surface area contributed by atoms with Crippen molar-refractivity contribution < 1.29 is 9.47 Å². The Labute approximate surface area is 152 Å². The lowest BCUT2D eigenvalue weighted by molar-refractivity contribution is -0.0819. The molecule has 1 atom stereocenters. The van der Waals surface area contributed by atoms with Gasteiger partial charge in [-0.1, -0.05) is 30.3 Å². The van der Waals surface area contributed by atoms with Gasteiger partial charge < -0.3 is 14.8 Å². The van der Waals surface area contributed by atoms with Crippen molar-refractivity contribution in [3.05, 3.63) is 47.9 Å². The van der Waals surface area contributed by atoms with E-state index in [4.69, 9.17) is 19.4 Å². The van der Waals surface area contributed by atoms with E-state index in [1.54, 1.807) is 10.9 Å². The smallest absolute Gasteiger partial charge is 0.163 e. The molecule has 1 aromatic carbocycles. The monoisotopic (exact) mass is 353 g/mol. The molecule has 0 aliphatic carbocycles. The predicted molar refractivity (Wildman–Crippen MR) is 99.2 cm³/mol. The molecule has 1 aliphatic rings. The molecular formula is C19H23N5O2. The number of benzene rings is 1. The van der Waals surface area contributed by atoms with E-state index in [1.807, 2.05) is 13.1 Å². The van der Waals surface area contributed by atoms with E-state index < -0.39 is 0 Å². The van der Waals surface area contributed by atoms with E-state index in [9.17, 15) is 0 Å². The number of nitrogens with one attached hydrogen (secondary N) is 1. The first-order chi connectivity index (χ1) is 12.8. The maximum absolute atomic E-state index is 5.70. The molecule has 0 unspecified atom stereocenters. The summed E-state index contributed by atoms with van der Waals surface area (Å²) in [5.41, 5.74) is 2.12. The van der Waals surface area contributed by atoms with Crippen LogP contribution >= 0.6 is 0 Å². The second-order valence-corrected chi connectivity index (χ2v) is 6.43. The lowest BCUT2D eigenvalue weighted by Gasteiger charge is -2.23. The third kappa shape index (κ3) is 3.84. The van der Waals surface area contributed by atoms with E-state index in [1.165, 1.54) is 5.56 Å². The van der Waals surface area contributed by atoms with Crippen LogP contribution in [0.5, 0.6) is 0 Å². The molecule has 0 saturated carbocycles. The Morgan fingerprint density at radius 3 is 2.85 bits per heavy atom. The molecule has 1 N–H and O–H groups in total. The third-order valence-corrected chi connectivity index (χ3v) is 4.50. The van der Waals surface area contributed by atoms with Gasteiger partial charge in [-0.15, -0.1) is 0 Å². The van der Waals surface area contributed by atoms with Crippen LogP contribution in [0.2, 0.25) is 0 Å². The van der Waals surface area contributed by atoms with Crippen molar-refractivity contribution >= 4 is 16.9 Å². The summed E-state index contributed by atoms with van der Waals surface area (Å²) in [5, 5.41) is 8.65. The van der Waals surface area contributed by atoms with Crippen molar-refractivity contribution in [3.8, 4) is 0 Å². The minimum absolute atomic E-state index is 0.0400. The summed E-state index contributed by atoms with van der Waals surface area (Å²) in [6.07, 6.45) is 3.53. The zero-order valence-corrected chi connectivity index (χ0v) is 14.9. The van der Waals surface area contributed by atoms with Gasteiger partial charge in [-0.25, -0.2) is 9.97 Å². The van der Waals surface area contributed by atoms with E-state index >= 15 is 0 Å². The Morgan fingerprint density at radius 2 is 2.04 bits per heavy atom. The Morgan fingerprint density at radius 1 is 1.15 bits per heavy atom. The van der Waals surface area contributed by atoms with Gasteiger partial charge in [-0.2, -0.15) is 5.10 Å². The fourth-order valence-electron chi connectivity index (χ4n) is 3.08. The highest BCUT2D eigenvalue weighted by molar-refractivity contribution is 5.86. The van der Waals surface area contributed by atoms with Crippen LogP contribution in [-0.4, -0.2) is 52.2 Å². The number of aromatic nitrogens is 4. The topological polar surface area (TPSA) is 74.1 Å². The van der Waals surface area contributed by atoms with Crippen LogP contribution in [0, 0.1) is 0 Å². The molecule has 4 rings (SSSR count). The predicted octanol–water partition coefficient (Wildman–Crippen LogP) is 1.98. The van der Waals surface area contributed by atoms with Gasteiger partial charge in [-0.3, -0.25) is 4.68 Å². The van der Waals surface area contributed by atoms with Crippen molar-refractivity contribution in [2.24, 2.45) is 7.05 Å². The fourth-order valence-corrected chi connectivity index (χ4v) is 3.08. The summed E-state index contributed by atoms with van der Waals surface area (Å²) in [4.78, 5) is 9.44. The molecule has 1 fully saturated rings. The summed E-state index contributed by atoms with van der Waals surface area (Å²) >= 11 is 0. The van der Waals surface area contributed by atoms with Crippen LogP contribution in [0.1, 0.15) is 11.4 Å². The lowest BCUT2D eigenvalue weighted by Crippen LogP contribution is -2.34. The van der Waals surface area contributed by atoms with Crippen molar-refractivity contribution in [1.82, 2.24) is 19.7 Å². The number of nitrogens with zero attached hydrogens (tertiary/aromatic N) is 4. The first-order valence-corrected chi connectivity index (χ1v) is 8.95. The first-order valence-electron chi connectivity index (χ1n) is 8.95. The minimum atomic E-state index is 0.0400. The van der Waals surface area contributed by atoms with Gasteiger partial charge in [0.2, 0.25) is 0 Å². The quantitative estimate of drug-likeness (QED) is 0.730. The molecule has 0 amide bonds. The molecule has 26 heavy (non-hydrogen) atoms. The number of aryl methyl sites for hydroxylation is 3. The molecule has 7 heteroatoms. The number of anilines is 1. The maximum Gasteiger partial charge on any atom is 0.163 e. The van der Waals surface area contributed by atoms with Crippen LogP contribution in [0.15, 0.2) is 36.5 Å². The van der Waals surface area contributed by atoms with Crippen LogP contribution in [0.4, 0.5) is 5.82 Å². The molecule has 0 bridgehead atoms. The van der Waals surface area contributed by atoms with Gasteiger partial charge in [0.25, 0.3) is 0 Å². The van der Waals surface area contributed by atoms with Gasteiger partial charge in [0, 0.05) is 20.0 Å². The van der Waals surface area contributed by atoms with Gasteiger partial charge >= 0.3 is 0 Å². The summed E-state index contributed by atoms with van der Waals surface area (Å²) in [7, 11) is 1.90. The highest BCUT2D eigenvalue weighted by Gasteiger charge is 2.16. The third-order valence-electron chi connectivity index (χ3n) is 4.50. The number of rotatable bonds is 6. The van der Waals surface area contributed by atoms with Crippen molar-refractivity contribution in [3.63, 3.8) is 0 Å². The Balaban J connectivity index is 1.52. The Bertz CT molecular complexity index is 859. The van der Waals surface area contributed by atoms with Crippen molar-refractivity contribution in [2.45, 2.75) is 18.9 Å². The Kier molecular flexibility index (Phi) is 5.08. The van der Waals surface area contributed by atoms with Crippen molar-refractivity contribution in [2.75, 3.05) is 31.7 Å². The molecule has 1 saturated heterocycles. The molecule has 7 nitrogen and oxygen atoms in total. The highest BCUT2D eigenvalue weighted by atomic mass is 16.6. The lowest BCUT2D eigenvalue weighted by atomic mass is 10.1. The zero-order valence-electron chi connectivity index (χ0n) is 14.9. The fraction of sp³-hybridized carbons (Fsp3) is 0.421. The zero-order chi connectivity index (χ0) is 17.8. The normalized spacial score (nSPS) is 17.5. The summed E-state index contributed by atoms with van der Waals surface area (Å²) < 4.78 is 12.9. The second-order valence-electron chi connectivity index (χ2n) is 6.43. The standard InChI is InChI=1S/C19H23N5O2/c1-24-19-16(12-21-24)18(20-11-15-13-25-9-10-26-15)22-17(23-19)8-7-14-5-3-2-4-6-14/h2-6,12,15H,7-11,13H2,1H3,(H,20,22,23)/t15-/m0/s1. The van der Waals surface area contributed by atoms with E-state index in [0.29, 0.717) is 26.4 Å². The van der Waals surface area contributed by atoms with Gasteiger partial charge in [-0.05, 0) is 12.0 Å². The summed E-state index contributed by atoms with van der Waals surface area (Å²) in [6, 6.07) is 10.4. The van der Waals surface area contributed by atoms with Gasteiger partial charge in [0.05, 0.1) is 37.5 Å². The highest BCUT2D eigenvalue weighted by Crippen LogP contribution is 2.20. The molecule has 136 valence electrons. The molecule has 2 aromatic heterocycles. The largest absolute Gasteiger partial charge is 0.376 e. The molecule has 1 aliphatic heterocycles. The van der Waals surface area contributed by atoms with E-state index in [2.05, 4.69) is 34.7 Å². The van der Waals surface area contributed by atoms with Crippen LogP contribution in [0.3, 0.4) is 0 Å². The van der Waals surface area contributed by atoms with Crippen LogP contribution < -0.4 is 5.32 Å². The average molecular weight is 353 g/mol. The molecule has 3 heterocycles. The van der Waals surface area contributed by atoms with E-state index in [0.717, 1.165) is 35.5 Å². The molecule has 0 radical (unpaired) electrons. The Hall–Kier alpha value is -2.51. The SMILES string of the molecule is Cn1ncc2c(NC[C@H]3COCCO3)nc(CCc3ccccc3)nc21. The number of hydrogen-bond acceptors (Lipinski definition) is 6. The van der Waals surface area contributed by atoms with Crippen LogP contribution in [0.25, 0.3) is 11.0 Å². The minimum Gasteiger partial charge on any atom is -0.376 e. The number of ether oxygens (including phenoxy) is 2. The van der Waals surface area contributed by atoms with E-state index in [-0.39, 0.29) is 6.10 Å². The molecular weight excluding hydrogens is 330 g/mol. The second kappa shape index (κ2) is 7.80.